The van der Waals surface area contributed by atoms with Gasteiger partial charge in [0.05, 0.1) is 5.56 Å². The van der Waals surface area contributed by atoms with E-state index in [1.807, 2.05) is 0 Å². The summed E-state index contributed by atoms with van der Waals surface area (Å²) in [6, 6.07) is 3.60. The van der Waals surface area contributed by atoms with Crippen molar-refractivity contribution >= 4 is 5.97 Å². The number of hydrogen-bond donors (Lipinski definition) is 1. The molecule has 0 fully saturated rings. The minimum Gasteiger partial charge on any atom is -0.478 e. The first-order chi connectivity index (χ1) is 7.76. The summed E-state index contributed by atoms with van der Waals surface area (Å²) in [4.78, 5) is 10.7. The second-order valence-corrected chi connectivity index (χ2v) is 3.10. The molecular weight excluding hydrogens is 239 g/mol. The molecule has 0 bridgehead atoms. The number of aromatic carboxylic acids is 1. The number of hydrogen-bond acceptors (Lipinski definition) is 3. The van der Waals surface area contributed by atoms with Crippen molar-refractivity contribution in [2.24, 2.45) is 0 Å². The number of aryl methyl sites for hydroxylation is 1. The fourth-order valence-corrected chi connectivity index (χ4v) is 1.22. The van der Waals surface area contributed by atoms with Crippen molar-refractivity contribution < 1.29 is 27.8 Å². The minimum atomic E-state index is -4.98. The van der Waals surface area contributed by atoms with Crippen LogP contribution in [0.2, 0.25) is 0 Å². The number of alkyl halides is 3. The molecule has 90 valence electrons. The van der Waals surface area contributed by atoms with Crippen molar-refractivity contribution in [2.45, 2.75) is 13.3 Å². The summed E-state index contributed by atoms with van der Waals surface area (Å²) in [7, 11) is 0. The Labute approximate surface area is 93.8 Å². The first kappa shape index (κ1) is 12.8. The zero-order valence-electron chi connectivity index (χ0n) is 8.50. The molecule has 0 aliphatic rings. The van der Waals surface area contributed by atoms with Gasteiger partial charge in [-0.3, -0.25) is 0 Å². The van der Waals surface area contributed by atoms with Gasteiger partial charge in [0, 0.05) is 0 Å². The van der Waals surface area contributed by atoms with Crippen molar-refractivity contribution in [1.29, 1.82) is 5.26 Å². The van der Waals surface area contributed by atoms with Gasteiger partial charge in [-0.2, -0.15) is 5.26 Å². The van der Waals surface area contributed by atoms with E-state index in [1.165, 1.54) is 13.0 Å². The van der Waals surface area contributed by atoms with Gasteiger partial charge in [0.2, 0.25) is 0 Å². The summed E-state index contributed by atoms with van der Waals surface area (Å²) < 4.78 is 39.9. The zero-order chi connectivity index (χ0) is 13.2. The highest BCUT2D eigenvalue weighted by atomic mass is 19.4. The van der Waals surface area contributed by atoms with Crippen LogP contribution < -0.4 is 4.74 Å². The number of carbonyl (C=O) groups is 1. The highest BCUT2D eigenvalue weighted by Gasteiger charge is 2.34. The lowest BCUT2D eigenvalue weighted by atomic mass is 10.0. The van der Waals surface area contributed by atoms with Crippen LogP contribution in [0.1, 0.15) is 21.5 Å². The Morgan fingerprint density at radius 1 is 1.47 bits per heavy atom. The fourth-order valence-electron chi connectivity index (χ4n) is 1.22. The number of carboxylic acids is 1. The maximum atomic E-state index is 12.1. The third-order valence-electron chi connectivity index (χ3n) is 1.91. The van der Waals surface area contributed by atoms with Crippen LogP contribution in [0.5, 0.6) is 5.75 Å². The number of rotatable bonds is 2. The van der Waals surface area contributed by atoms with Crippen molar-refractivity contribution in [1.82, 2.24) is 0 Å². The fraction of sp³-hybridized carbons (Fsp3) is 0.200. The largest absolute Gasteiger partial charge is 0.573 e. The summed E-state index contributed by atoms with van der Waals surface area (Å²) in [6.45, 7) is 1.29. The Balaban J connectivity index is 3.42. The molecule has 0 atom stereocenters. The number of benzene rings is 1. The zero-order valence-corrected chi connectivity index (χ0v) is 8.50. The van der Waals surface area contributed by atoms with Gasteiger partial charge in [-0.1, -0.05) is 6.07 Å². The van der Waals surface area contributed by atoms with Crippen molar-refractivity contribution in [3.63, 3.8) is 0 Å². The van der Waals surface area contributed by atoms with Crippen LogP contribution in [0, 0.1) is 18.3 Å². The number of halogens is 3. The molecule has 1 aromatic carbocycles. The van der Waals surface area contributed by atoms with Crippen LogP contribution in [-0.4, -0.2) is 17.4 Å². The van der Waals surface area contributed by atoms with Crippen molar-refractivity contribution in [2.75, 3.05) is 0 Å². The Morgan fingerprint density at radius 2 is 2.06 bits per heavy atom. The number of ether oxygens (including phenoxy) is 1. The van der Waals surface area contributed by atoms with Gasteiger partial charge in [0.1, 0.15) is 11.6 Å². The first-order valence-corrected chi connectivity index (χ1v) is 4.29. The summed E-state index contributed by atoms with van der Waals surface area (Å²) in [5.74, 6) is -2.27. The van der Waals surface area contributed by atoms with Gasteiger partial charge >= 0.3 is 12.3 Å². The van der Waals surface area contributed by atoms with E-state index >= 15 is 0 Å². The number of nitrogens with zero attached hydrogens (tertiary/aromatic N) is 1. The highest BCUT2D eigenvalue weighted by Crippen LogP contribution is 2.31. The third-order valence-corrected chi connectivity index (χ3v) is 1.91. The maximum absolute atomic E-state index is 12.1. The summed E-state index contributed by atoms with van der Waals surface area (Å²) in [6.07, 6.45) is -4.98. The topological polar surface area (TPSA) is 70.3 Å². The molecule has 0 saturated heterocycles. The van der Waals surface area contributed by atoms with Crippen molar-refractivity contribution in [3.8, 4) is 11.8 Å². The Kier molecular flexibility index (Phi) is 3.27. The molecule has 17 heavy (non-hydrogen) atoms. The van der Waals surface area contributed by atoms with Crippen LogP contribution in [-0.2, 0) is 0 Å². The molecule has 0 heterocycles. The lowest BCUT2D eigenvalue weighted by Crippen LogP contribution is -2.19. The average molecular weight is 245 g/mol. The Morgan fingerprint density at radius 3 is 2.47 bits per heavy atom. The normalized spacial score (nSPS) is 10.8. The van der Waals surface area contributed by atoms with E-state index in [-0.39, 0.29) is 5.56 Å². The molecule has 0 unspecified atom stereocenters. The molecule has 0 aliphatic heterocycles. The van der Waals surface area contributed by atoms with E-state index in [9.17, 15) is 18.0 Å². The van der Waals surface area contributed by atoms with E-state index in [2.05, 4.69) is 4.74 Å². The van der Waals surface area contributed by atoms with Gasteiger partial charge in [-0.15, -0.1) is 13.2 Å². The standard InChI is InChI=1S/C10H6F3NO3/c1-5-2-3-6(9(15)16)7(4-14)8(5)17-10(11,12)13/h2-3H,1H3,(H,15,16). The highest BCUT2D eigenvalue weighted by molar-refractivity contribution is 5.91. The van der Waals surface area contributed by atoms with E-state index in [0.29, 0.717) is 0 Å². The molecule has 0 spiro atoms. The van der Waals surface area contributed by atoms with Gasteiger partial charge in [0.15, 0.2) is 5.75 Å². The predicted octanol–water partition coefficient (Wildman–Crippen LogP) is 2.46. The molecule has 0 aromatic heterocycles. The summed E-state index contributed by atoms with van der Waals surface area (Å²) in [5, 5.41) is 17.4. The predicted molar refractivity (Wildman–Crippen MR) is 49.5 cm³/mol. The molecule has 0 aliphatic carbocycles. The molecule has 0 saturated carbocycles. The SMILES string of the molecule is Cc1ccc(C(=O)O)c(C#N)c1OC(F)(F)F. The molecular formula is C10H6F3NO3. The van der Waals surface area contributed by atoms with E-state index < -0.39 is 29.2 Å². The van der Waals surface area contributed by atoms with E-state index in [4.69, 9.17) is 10.4 Å². The van der Waals surface area contributed by atoms with E-state index in [0.717, 1.165) is 12.1 Å². The van der Waals surface area contributed by atoms with Crippen LogP contribution >= 0.6 is 0 Å². The van der Waals surface area contributed by atoms with Gasteiger partial charge in [-0.25, -0.2) is 4.79 Å². The number of nitriles is 1. The lowest BCUT2D eigenvalue weighted by Gasteiger charge is -2.13. The second kappa shape index (κ2) is 4.33. The molecule has 1 rings (SSSR count). The Bertz CT molecular complexity index is 503. The molecule has 1 N–H and O–H groups in total. The quantitative estimate of drug-likeness (QED) is 0.868. The van der Waals surface area contributed by atoms with Gasteiger partial charge < -0.3 is 9.84 Å². The lowest BCUT2D eigenvalue weighted by molar-refractivity contribution is -0.275. The Hall–Kier alpha value is -2.23. The second-order valence-electron chi connectivity index (χ2n) is 3.10. The van der Waals surface area contributed by atoms with Crippen LogP contribution in [0.4, 0.5) is 13.2 Å². The van der Waals surface area contributed by atoms with E-state index in [1.54, 1.807) is 0 Å². The molecule has 0 amide bonds. The summed E-state index contributed by atoms with van der Waals surface area (Å²) >= 11 is 0. The van der Waals surface area contributed by atoms with Crippen LogP contribution in [0.15, 0.2) is 12.1 Å². The first-order valence-electron chi connectivity index (χ1n) is 4.29. The minimum absolute atomic E-state index is 0.0314. The molecule has 7 heteroatoms. The number of carboxylic acid groups (broad SMARTS) is 1. The molecule has 1 aromatic rings. The smallest absolute Gasteiger partial charge is 0.478 e. The van der Waals surface area contributed by atoms with Crippen molar-refractivity contribution in [3.05, 3.63) is 28.8 Å². The average Bonchev–Trinajstić information content (AvgIpc) is 2.18. The summed E-state index contributed by atoms with van der Waals surface area (Å²) in [5.41, 5.74) is -1.14. The molecule has 0 radical (unpaired) electrons. The maximum Gasteiger partial charge on any atom is 0.573 e. The third kappa shape index (κ3) is 2.87. The monoisotopic (exact) mass is 245 g/mol. The van der Waals surface area contributed by atoms with Crippen LogP contribution in [0.25, 0.3) is 0 Å². The van der Waals surface area contributed by atoms with Crippen LogP contribution in [0.3, 0.4) is 0 Å². The van der Waals surface area contributed by atoms with Gasteiger partial charge in [-0.05, 0) is 18.6 Å². The van der Waals surface area contributed by atoms with Gasteiger partial charge in [0.25, 0.3) is 0 Å². The molecule has 4 nitrogen and oxygen atoms in total.